The second-order valence-electron chi connectivity index (χ2n) is 3.70. The van der Waals surface area contributed by atoms with E-state index in [0.717, 1.165) is 0 Å². The van der Waals surface area contributed by atoms with Crippen molar-refractivity contribution in [1.29, 1.82) is 0 Å². The Kier molecular flexibility index (Phi) is 3.59. The molecule has 0 bridgehead atoms. The van der Waals surface area contributed by atoms with Gasteiger partial charge in [0.2, 0.25) is 0 Å². The molecule has 19 heavy (non-hydrogen) atoms. The summed E-state index contributed by atoms with van der Waals surface area (Å²) in [5.41, 5.74) is 0.344. The summed E-state index contributed by atoms with van der Waals surface area (Å²) in [7, 11) is 2.97. The second kappa shape index (κ2) is 5.17. The molecule has 3 N–H and O–H groups in total. The largest absolute Gasteiger partial charge is 0.493 e. The average Bonchev–Trinajstić information content (AvgIpc) is 2.80. The Labute approximate surface area is 108 Å². The number of hydrogen-bond acceptors (Lipinski definition) is 6. The molecule has 0 fully saturated rings. The van der Waals surface area contributed by atoms with Crippen molar-refractivity contribution in [2.75, 3.05) is 14.2 Å². The van der Waals surface area contributed by atoms with Crippen molar-refractivity contribution in [3.05, 3.63) is 34.4 Å². The van der Waals surface area contributed by atoms with Gasteiger partial charge in [0.15, 0.2) is 23.5 Å². The van der Waals surface area contributed by atoms with Crippen molar-refractivity contribution in [2.24, 2.45) is 0 Å². The van der Waals surface area contributed by atoms with Gasteiger partial charge >= 0.3 is 5.76 Å². The molecular weight excluding hydrogens is 254 g/mol. The molecule has 2 aromatic rings. The lowest BCUT2D eigenvalue weighted by Gasteiger charge is -2.09. The van der Waals surface area contributed by atoms with E-state index in [1.807, 2.05) is 0 Å². The maximum Gasteiger partial charge on any atom is 0.417 e. The van der Waals surface area contributed by atoms with Gasteiger partial charge in [-0.2, -0.15) is 0 Å². The van der Waals surface area contributed by atoms with Crippen molar-refractivity contribution in [1.82, 2.24) is 4.98 Å². The van der Waals surface area contributed by atoms with Crippen molar-refractivity contribution in [2.45, 2.75) is 6.29 Å². The third-order valence-electron chi connectivity index (χ3n) is 2.58. The maximum absolute atomic E-state index is 11.2. The summed E-state index contributed by atoms with van der Waals surface area (Å²) >= 11 is 0. The van der Waals surface area contributed by atoms with Crippen LogP contribution in [0.5, 0.6) is 11.5 Å². The zero-order chi connectivity index (χ0) is 14.0. The molecule has 7 heteroatoms. The number of aliphatic hydroxyl groups excluding tert-OH is 1. The molecule has 0 aliphatic rings. The third-order valence-corrected chi connectivity index (χ3v) is 2.58. The SMILES string of the molecule is COc1ccc(-c2oc(=O)[nH]c2C(O)O)cc1OC. The highest BCUT2D eigenvalue weighted by molar-refractivity contribution is 5.64. The van der Waals surface area contributed by atoms with Gasteiger partial charge in [0.05, 0.1) is 14.2 Å². The molecule has 0 aliphatic heterocycles. The van der Waals surface area contributed by atoms with Crippen molar-refractivity contribution in [3.8, 4) is 22.8 Å². The molecule has 0 unspecified atom stereocenters. The monoisotopic (exact) mass is 267 g/mol. The summed E-state index contributed by atoms with van der Waals surface area (Å²) in [5.74, 6) is 0.214. The first-order valence-electron chi connectivity index (χ1n) is 5.38. The Morgan fingerprint density at radius 3 is 2.47 bits per heavy atom. The summed E-state index contributed by atoms with van der Waals surface area (Å²) in [6.45, 7) is 0. The van der Waals surface area contributed by atoms with Gasteiger partial charge in [0, 0.05) is 5.56 Å². The highest BCUT2D eigenvalue weighted by Crippen LogP contribution is 2.33. The molecule has 0 spiro atoms. The molecule has 0 amide bonds. The fourth-order valence-corrected chi connectivity index (χ4v) is 1.71. The molecule has 0 atom stereocenters. The minimum Gasteiger partial charge on any atom is -0.493 e. The molecule has 0 aliphatic carbocycles. The van der Waals surface area contributed by atoms with E-state index < -0.39 is 12.0 Å². The minimum atomic E-state index is -1.84. The zero-order valence-electron chi connectivity index (χ0n) is 10.3. The predicted molar refractivity (Wildman–Crippen MR) is 65.0 cm³/mol. The van der Waals surface area contributed by atoms with E-state index >= 15 is 0 Å². The van der Waals surface area contributed by atoms with Crippen LogP contribution in [-0.4, -0.2) is 29.4 Å². The van der Waals surface area contributed by atoms with Crippen LogP contribution < -0.4 is 15.2 Å². The van der Waals surface area contributed by atoms with Gasteiger partial charge in [-0.05, 0) is 18.2 Å². The van der Waals surface area contributed by atoms with Gasteiger partial charge < -0.3 is 24.1 Å². The van der Waals surface area contributed by atoms with Crippen molar-refractivity contribution < 1.29 is 24.1 Å². The van der Waals surface area contributed by atoms with Crippen molar-refractivity contribution >= 4 is 0 Å². The van der Waals surface area contributed by atoms with Gasteiger partial charge in [-0.1, -0.05) is 0 Å². The predicted octanol–water partition coefficient (Wildman–Crippen LogP) is 0.635. The topological polar surface area (TPSA) is 105 Å². The van der Waals surface area contributed by atoms with Gasteiger partial charge in [0.25, 0.3) is 0 Å². The summed E-state index contributed by atoms with van der Waals surface area (Å²) < 4.78 is 15.1. The van der Waals surface area contributed by atoms with E-state index in [-0.39, 0.29) is 11.5 Å². The number of methoxy groups -OCH3 is 2. The van der Waals surface area contributed by atoms with Crippen LogP contribution >= 0.6 is 0 Å². The first-order valence-corrected chi connectivity index (χ1v) is 5.38. The van der Waals surface area contributed by atoms with E-state index in [2.05, 4.69) is 4.98 Å². The van der Waals surface area contributed by atoms with Gasteiger partial charge in [0.1, 0.15) is 5.69 Å². The standard InChI is InChI=1S/C12H13NO6/c1-17-7-4-3-6(5-8(7)18-2)10-9(11(14)15)13-12(16)19-10/h3-5,11,14-15H,1-2H3,(H,13,16). The second-order valence-corrected chi connectivity index (χ2v) is 3.70. The zero-order valence-corrected chi connectivity index (χ0v) is 10.3. The van der Waals surface area contributed by atoms with Crippen LogP contribution in [-0.2, 0) is 0 Å². The van der Waals surface area contributed by atoms with Gasteiger partial charge in [-0.3, -0.25) is 4.98 Å². The van der Waals surface area contributed by atoms with Crippen LogP contribution in [0.1, 0.15) is 12.0 Å². The number of nitrogens with one attached hydrogen (secondary N) is 1. The van der Waals surface area contributed by atoms with E-state index in [0.29, 0.717) is 17.1 Å². The highest BCUT2D eigenvalue weighted by atomic mass is 16.5. The number of benzene rings is 1. The Morgan fingerprint density at radius 1 is 1.21 bits per heavy atom. The molecule has 1 aromatic heterocycles. The van der Waals surface area contributed by atoms with E-state index in [4.69, 9.17) is 13.9 Å². The number of aromatic nitrogens is 1. The number of aromatic amines is 1. The number of rotatable bonds is 4. The van der Waals surface area contributed by atoms with Crippen LogP contribution in [0, 0.1) is 0 Å². The fourth-order valence-electron chi connectivity index (χ4n) is 1.71. The summed E-state index contributed by atoms with van der Waals surface area (Å²) in [6, 6.07) is 4.80. The Morgan fingerprint density at radius 2 is 1.89 bits per heavy atom. The molecule has 0 radical (unpaired) electrons. The van der Waals surface area contributed by atoms with Crippen LogP contribution in [0.4, 0.5) is 0 Å². The molecule has 0 saturated heterocycles. The molecular formula is C12H13NO6. The Balaban J connectivity index is 2.56. The molecule has 7 nitrogen and oxygen atoms in total. The molecule has 2 rings (SSSR count). The van der Waals surface area contributed by atoms with E-state index in [1.165, 1.54) is 14.2 Å². The number of hydrogen-bond donors (Lipinski definition) is 3. The molecule has 1 aromatic carbocycles. The van der Waals surface area contributed by atoms with Gasteiger partial charge in [-0.25, -0.2) is 4.79 Å². The van der Waals surface area contributed by atoms with Crippen molar-refractivity contribution in [3.63, 3.8) is 0 Å². The quantitative estimate of drug-likeness (QED) is 0.702. The third kappa shape index (κ3) is 2.47. The Hall–Kier alpha value is -2.25. The number of H-pyrrole nitrogens is 1. The highest BCUT2D eigenvalue weighted by Gasteiger charge is 2.19. The first-order chi connectivity index (χ1) is 9.06. The van der Waals surface area contributed by atoms with E-state index in [1.54, 1.807) is 18.2 Å². The normalized spacial score (nSPS) is 10.8. The van der Waals surface area contributed by atoms with E-state index in [9.17, 15) is 15.0 Å². The molecule has 102 valence electrons. The van der Waals surface area contributed by atoms with Crippen LogP contribution in [0.2, 0.25) is 0 Å². The summed E-state index contributed by atoms with van der Waals surface area (Å²) in [5, 5.41) is 18.4. The first kappa shape index (κ1) is 13.2. The summed E-state index contributed by atoms with van der Waals surface area (Å²) in [6.07, 6.45) is -1.84. The minimum absolute atomic E-state index is 0.0425. The van der Waals surface area contributed by atoms with Crippen LogP contribution in [0.15, 0.2) is 27.4 Å². The van der Waals surface area contributed by atoms with Crippen LogP contribution in [0.3, 0.4) is 0 Å². The lowest BCUT2D eigenvalue weighted by atomic mass is 10.1. The summed E-state index contributed by atoms with van der Waals surface area (Å²) in [4.78, 5) is 13.4. The number of oxazole rings is 1. The Bertz CT molecular complexity index is 627. The molecule has 1 heterocycles. The maximum atomic E-state index is 11.2. The average molecular weight is 267 g/mol. The van der Waals surface area contributed by atoms with Gasteiger partial charge in [-0.15, -0.1) is 0 Å². The molecule has 0 saturated carbocycles. The smallest absolute Gasteiger partial charge is 0.417 e. The lowest BCUT2D eigenvalue weighted by Crippen LogP contribution is -2.01. The number of ether oxygens (including phenoxy) is 2. The van der Waals surface area contributed by atoms with Crippen LogP contribution in [0.25, 0.3) is 11.3 Å². The number of aliphatic hydroxyl groups is 2. The fraction of sp³-hybridized carbons (Fsp3) is 0.250. The lowest BCUT2D eigenvalue weighted by molar-refractivity contribution is -0.0453.